The Labute approximate surface area is 215 Å². The molecule has 11 heteroatoms. The van der Waals surface area contributed by atoms with Crippen LogP contribution in [0.2, 0.25) is 5.02 Å². The monoisotopic (exact) mass is 532 g/mol. The summed E-state index contributed by atoms with van der Waals surface area (Å²) in [5.74, 6) is -6.43. The average molecular weight is 533 g/mol. The Hall–Kier alpha value is -3.18. The standard InChI is InChI=1S/C21H22N2O7.C4H3ClS/c1-23(2)15-10-7-9-6-8-4-3-5-11(24)12(8)16(25)13(9)18(27)21(10,30)19(28)14(17(15)26)20(22)29;5-4-1-2-6-3-4/h3-5,9-10,15,24-25,28,30H,6-7H2,1-2H3,(H2,22,29);1-3H/t9-,10-,15-,21-;/m0./s1. The number of aromatic hydroxyl groups is 1. The molecule has 6 N–H and O–H groups in total. The number of thiophene rings is 1. The van der Waals surface area contributed by atoms with Crippen molar-refractivity contribution in [2.75, 3.05) is 14.1 Å². The maximum absolute atomic E-state index is 13.5. The van der Waals surface area contributed by atoms with Crippen molar-refractivity contribution in [1.29, 1.82) is 0 Å². The Kier molecular flexibility index (Phi) is 6.74. The van der Waals surface area contributed by atoms with E-state index in [-0.39, 0.29) is 23.3 Å². The maximum atomic E-state index is 13.5. The molecule has 1 amide bonds. The summed E-state index contributed by atoms with van der Waals surface area (Å²) >= 11 is 7.07. The maximum Gasteiger partial charge on any atom is 0.255 e. The summed E-state index contributed by atoms with van der Waals surface area (Å²) in [7, 11) is 3.12. The molecule has 0 bridgehead atoms. The second-order valence-corrected chi connectivity index (χ2v) is 10.4. The number of likely N-dealkylation sites (N-methyl/N-ethyl adjacent to an activating group) is 1. The largest absolute Gasteiger partial charge is 0.508 e. The number of ketones is 2. The van der Waals surface area contributed by atoms with E-state index in [0.29, 0.717) is 12.0 Å². The Morgan fingerprint density at radius 1 is 1.19 bits per heavy atom. The lowest BCUT2D eigenvalue weighted by atomic mass is 9.57. The van der Waals surface area contributed by atoms with E-state index in [1.54, 1.807) is 37.6 Å². The van der Waals surface area contributed by atoms with E-state index < -0.39 is 58.0 Å². The van der Waals surface area contributed by atoms with E-state index in [4.69, 9.17) is 17.3 Å². The number of aliphatic hydroxyl groups excluding tert-OH is 2. The van der Waals surface area contributed by atoms with Gasteiger partial charge in [-0.25, -0.2) is 0 Å². The predicted molar refractivity (Wildman–Crippen MR) is 134 cm³/mol. The first-order valence-electron chi connectivity index (χ1n) is 11.0. The molecule has 0 saturated heterocycles. The van der Waals surface area contributed by atoms with Gasteiger partial charge in [-0.15, -0.1) is 0 Å². The third kappa shape index (κ3) is 3.90. The molecule has 4 atom stereocenters. The van der Waals surface area contributed by atoms with Gasteiger partial charge in [-0.05, 0) is 55.9 Å². The average Bonchev–Trinajstić information content (AvgIpc) is 3.27. The number of aliphatic hydroxyl groups is 3. The summed E-state index contributed by atoms with van der Waals surface area (Å²) in [4.78, 5) is 39.7. The molecular weight excluding hydrogens is 508 g/mol. The van der Waals surface area contributed by atoms with Crippen LogP contribution in [-0.2, 0) is 20.8 Å². The van der Waals surface area contributed by atoms with Crippen LogP contribution in [0.3, 0.4) is 0 Å². The first kappa shape index (κ1) is 25.9. The van der Waals surface area contributed by atoms with Crippen molar-refractivity contribution in [3.63, 3.8) is 0 Å². The number of benzene rings is 1. The van der Waals surface area contributed by atoms with Crippen LogP contribution in [0, 0.1) is 11.8 Å². The first-order chi connectivity index (χ1) is 16.9. The lowest BCUT2D eigenvalue weighted by Crippen LogP contribution is -2.65. The molecule has 2 aromatic rings. The zero-order valence-electron chi connectivity index (χ0n) is 19.4. The van der Waals surface area contributed by atoms with E-state index in [1.807, 2.05) is 16.8 Å². The molecule has 0 radical (unpaired) electrons. The first-order valence-corrected chi connectivity index (χ1v) is 12.4. The second-order valence-electron chi connectivity index (χ2n) is 9.21. The Morgan fingerprint density at radius 2 is 1.89 bits per heavy atom. The summed E-state index contributed by atoms with van der Waals surface area (Å²) < 4.78 is 0. The number of hydrogen-bond acceptors (Lipinski definition) is 9. The molecule has 0 aliphatic heterocycles. The molecule has 190 valence electrons. The van der Waals surface area contributed by atoms with E-state index in [1.165, 1.54) is 11.0 Å². The van der Waals surface area contributed by atoms with Gasteiger partial charge >= 0.3 is 0 Å². The number of phenols is 1. The van der Waals surface area contributed by atoms with Gasteiger partial charge in [-0.2, -0.15) is 11.3 Å². The lowest BCUT2D eigenvalue weighted by molar-refractivity contribution is -0.153. The van der Waals surface area contributed by atoms with Crippen molar-refractivity contribution in [3.8, 4) is 5.75 Å². The number of primary amides is 1. The van der Waals surface area contributed by atoms with Gasteiger partial charge in [0.25, 0.3) is 5.91 Å². The van der Waals surface area contributed by atoms with E-state index >= 15 is 0 Å². The Balaban J connectivity index is 0.000000445. The van der Waals surface area contributed by atoms with Crippen molar-refractivity contribution in [2.24, 2.45) is 17.6 Å². The number of halogens is 1. The number of carbonyl (C=O) groups excluding carboxylic acids is 3. The molecule has 5 rings (SSSR count). The van der Waals surface area contributed by atoms with Gasteiger partial charge < -0.3 is 26.2 Å². The number of Topliss-reactive ketones (excluding diaryl/α,β-unsaturated/α-hetero) is 2. The fourth-order valence-corrected chi connectivity index (χ4v) is 6.23. The minimum atomic E-state index is -2.60. The quantitative estimate of drug-likeness (QED) is 0.368. The van der Waals surface area contributed by atoms with Gasteiger partial charge in [0.15, 0.2) is 11.4 Å². The summed E-state index contributed by atoms with van der Waals surface area (Å²) in [5.41, 5.74) is 2.41. The predicted octanol–water partition coefficient (Wildman–Crippen LogP) is 2.37. The molecule has 1 aromatic carbocycles. The van der Waals surface area contributed by atoms with Gasteiger partial charge in [0, 0.05) is 16.9 Å². The van der Waals surface area contributed by atoms with Crippen molar-refractivity contribution < 1.29 is 34.8 Å². The number of amides is 1. The summed E-state index contributed by atoms with van der Waals surface area (Å²) in [5, 5.41) is 47.8. The van der Waals surface area contributed by atoms with E-state index in [2.05, 4.69) is 0 Å². The molecule has 0 unspecified atom stereocenters. The smallest absolute Gasteiger partial charge is 0.255 e. The van der Waals surface area contributed by atoms with Crippen LogP contribution in [-0.4, -0.2) is 68.5 Å². The van der Waals surface area contributed by atoms with E-state index in [9.17, 15) is 34.8 Å². The van der Waals surface area contributed by atoms with Crippen molar-refractivity contribution in [3.05, 3.63) is 68.1 Å². The number of hydrogen-bond donors (Lipinski definition) is 5. The zero-order valence-corrected chi connectivity index (χ0v) is 21.0. The summed E-state index contributed by atoms with van der Waals surface area (Å²) in [6.45, 7) is 0. The number of carbonyl (C=O) groups is 3. The van der Waals surface area contributed by atoms with E-state index in [0.717, 1.165) is 5.02 Å². The molecule has 1 aromatic heterocycles. The highest BCUT2D eigenvalue weighted by Crippen LogP contribution is 2.52. The summed E-state index contributed by atoms with van der Waals surface area (Å²) in [6, 6.07) is 5.49. The fraction of sp³-hybridized carbons (Fsp3) is 0.320. The lowest BCUT2D eigenvalue weighted by Gasteiger charge is -2.50. The normalized spacial score (nSPS) is 27.2. The van der Waals surface area contributed by atoms with Gasteiger partial charge in [0.1, 0.15) is 22.8 Å². The van der Waals surface area contributed by atoms with Crippen LogP contribution in [0.5, 0.6) is 5.75 Å². The molecule has 1 fully saturated rings. The molecule has 1 heterocycles. The second kappa shape index (κ2) is 9.36. The highest BCUT2D eigenvalue weighted by atomic mass is 35.5. The minimum absolute atomic E-state index is 0.0847. The van der Waals surface area contributed by atoms with Crippen molar-refractivity contribution >= 4 is 46.2 Å². The third-order valence-electron chi connectivity index (χ3n) is 6.94. The molecule has 3 aliphatic rings. The highest BCUT2D eigenvalue weighted by Gasteiger charge is 2.64. The number of phenolic OH excluding ortho intramolecular Hbond substituents is 1. The van der Waals surface area contributed by atoms with Crippen LogP contribution in [0.4, 0.5) is 0 Å². The van der Waals surface area contributed by atoms with Crippen LogP contribution in [0.15, 0.2) is 51.9 Å². The third-order valence-corrected chi connectivity index (χ3v) is 7.99. The van der Waals surface area contributed by atoms with Crippen LogP contribution >= 0.6 is 22.9 Å². The van der Waals surface area contributed by atoms with Gasteiger partial charge in [-0.1, -0.05) is 23.7 Å². The van der Waals surface area contributed by atoms with Crippen molar-refractivity contribution in [1.82, 2.24) is 4.90 Å². The molecule has 3 aliphatic carbocycles. The van der Waals surface area contributed by atoms with Gasteiger partial charge in [0.2, 0.25) is 5.78 Å². The molecular formula is C25H25ClN2O7S. The van der Waals surface area contributed by atoms with Crippen LogP contribution < -0.4 is 5.73 Å². The Morgan fingerprint density at radius 3 is 2.42 bits per heavy atom. The van der Waals surface area contributed by atoms with Crippen LogP contribution in [0.25, 0.3) is 5.76 Å². The topological polar surface area (TPSA) is 161 Å². The SMILES string of the molecule is CN(C)[C@@H]1C(=O)C(C(N)=O)=C(O)[C@@]2(O)C(=O)C3=C(O)c4c(O)cccc4C[C@H]3C[C@@H]12.Clc1ccsc1. The molecule has 9 nitrogen and oxygen atoms in total. The van der Waals surface area contributed by atoms with Crippen molar-refractivity contribution in [2.45, 2.75) is 24.5 Å². The Bertz CT molecular complexity index is 1320. The number of nitrogens with two attached hydrogens (primary N) is 1. The molecule has 0 spiro atoms. The summed E-state index contributed by atoms with van der Waals surface area (Å²) in [6.07, 6.45) is 0.379. The number of nitrogens with zero attached hydrogens (tertiary/aromatic N) is 1. The van der Waals surface area contributed by atoms with Crippen LogP contribution in [0.1, 0.15) is 17.5 Å². The number of fused-ring (bicyclic) bond motifs is 3. The zero-order chi connectivity index (χ0) is 26.5. The van der Waals surface area contributed by atoms with Gasteiger partial charge in [0.05, 0.1) is 16.6 Å². The molecule has 1 saturated carbocycles. The molecule has 36 heavy (non-hydrogen) atoms. The fourth-order valence-electron chi connectivity index (χ4n) is 5.43. The van der Waals surface area contributed by atoms with Gasteiger partial charge in [-0.3, -0.25) is 19.3 Å². The highest BCUT2D eigenvalue weighted by molar-refractivity contribution is 7.08. The minimum Gasteiger partial charge on any atom is -0.508 e. The number of rotatable bonds is 2.